The average molecular weight is 665 g/mol. The number of nitrogens with one attached hydrogen (secondary N) is 1. The molecule has 2 aromatic carbocycles. The second-order valence-corrected chi connectivity index (χ2v) is 13.3. The maximum atomic E-state index is 14.1. The van der Waals surface area contributed by atoms with Crippen LogP contribution in [0.2, 0.25) is 0 Å². The Bertz CT molecular complexity index is 1640. The van der Waals surface area contributed by atoms with Crippen LogP contribution in [-0.4, -0.2) is 97.3 Å². The molecule has 3 aliphatic heterocycles. The number of carbonyl (C=O) groups excluding carboxylic acids is 2. The summed E-state index contributed by atoms with van der Waals surface area (Å²) in [5.74, 6) is 0.774. The van der Waals surface area contributed by atoms with Crippen molar-refractivity contribution in [2.75, 3.05) is 73.4 Å². The van der Waals surface area contributed by atoms with Gasteiger partial charge in [-0.1, -0.05) is 12.1 Å². The Morgan fingerprint density at radius 3 is 2.46 bits per heavy atom. The molecule has 4 heterocycles. The highest BCUT2D eigenvalue weighted by molar-refractivity contribution is 5.96. The Labute approximate surface area is 279 Å². The average Bonchev–Trinajstić information content (AvgIpc) is 3.05. The van der Waals surface area contributed by atoms with Crippen LogP contribution in [0.15, 0.2) is 48.7 Å². The molecule has 0 spiro atoms. The number of benzene rings is 2. The first-order chi connectivity index (χ1) is 22.9. The van der Waals surface area contributed by atoms with E-state index in [4.69, 9.17) is 9.47 Å². The molecule has 48 heavy (non-hydrogen) atoms. The summed E-state index contributed by atoms with van der Waals surface area (Å²) in [6, 6.07) is 12.1. The van der Waals surface area contributed by atoms with Crippen LogP contribution in [0.5, 0.6) is 5.75 Å². The molecule has 0 aliphatic carbocycles. The Kier molecular flexibility index (Phi) is 9.28. The lowest BCUT2D eigenvalue weighted by Crippen LogP contribution is -2.52. The second-order valence-electron chi connectivity index (χ2n) is 13.3. The molecule has 1 aromatic heterocycles. The molecule has 12 nitrogen and oxygen atoms in total. The zero-order valence-electron chi connectivity index (χ0n) is 27.9. The van der Waals surface area contributed by atoms with E-state index in [9.17, 15) is 18.4 Å². The molecular formula is C34H42F2N8O4. The van der Waals surface area contributed by atoms with Crippen LogP contribution >= 0.6 is 0 Å². The Hall–Kier alpha value is -4.72. The molecule has 256 valence electrons. The van der Waals surface area contributed by atoms with Crippen LogP contribution in [0.4, 0.5) is 47.2 Å². The number of urea groups is 1. The summed E-state index contributed by atoms with van der Waals surface area (Å²) in [5.41, 5.74) is 2.80. The van der Waals surface area contributed by atoms with Gasteiger partial charge in [0.2, 0.25) is 5.95 Å². The maximum Gasteiger partial charge on any atom is 0.414 e. The van der Waals surface area contributed by atoms with Gasteiger partial charge in [0.05, 0.1) is 31.9 Å². The number of nitrogens with zero attached hydrogens (tertiary/aromatic N) is 7. The van der Waals surface area contributed by atoms with E-state index in [1.807, 2.05) is 30.3 Å². The Balaban J connectivity index is 1.26. The van der Waals surface area contributed by atoms with Crippen molar-refractivity contribution < 1.29 is 27.8 Å². The molecule has 0 radical (unpaired) electrons. The standard InChI is InChI=1S/C34H42F2N8O4/c1-34(2,3)48-33(46)42-14-13-26(25-7-6-8-27(47-5)29(25)42)43-20-22-19-37-31(39-30(22)44(32(43)45)21-28(35)36)38-23-9-11-24(12-10-23)41-17-15-40(4)16-18-41/h6-12,19,26,28H,13-18,20-21H2,1-5H3,(H,37,38,39). The number of alkyl halides is 2. The van der Waals surface area contributed by atoms with Gasteiger partial charge in [0, 0.05) is 61.4 Å². The lowest BCUT2D eigenvalue weighted by molar-refractivity contribution is 0.0570. The van der Waals surface area contributed by atoms with Gasteiger partial charge >= 0.3 is 12.1 Å². The molecule has 0 bridgehead atoms. The van der Waals surface area contributed by atoms with Gasteiger partial charge in [0.15, 0.2) is 0 Å². The van der Waals surface area contributed by atoms with Crippen molar-refractivity contribution in [3.63, 3.8) is 0 Å². The summed E-state index contributed by atoms with van der Waals surface area (Å²) in [6.07, 6.45) is -1.41. The quantitative estimate of drug-likeness (QED) is 0.332. The van der Waals surface area contributed by atoms with E-state index in [-0.39, 0.29) is 24.9 Å². The number of ether oxygens (including phenoxy) is 2. The van der Waals surface area contributed by atoms with Gasteiger partial charge in [0.25, 0.3) is 6.43 Å². The molecular weight excluding hydrogens is 622 g/mol. The van der Waals surface area contributed by atoms with Gasteiger partial charge < -0.3 is 29.5 Å². The number of halogens is 2. The van der Waals surface area contributed by atoms with E-state index in [1.165, 1.54) is 12.0 Å². The number of carbonyl (C=O) groups is 2. The molecule has 1 saturated heterocycles. The van der Waals surface area contributed by atoms with Gasteiger partial charge in [-0.3, -0.25) is 9.80 Å². The molecule has 1 unspecified atom stereocenters. The number of anilines is 5. The third-order valence-corrected chi connectivity index (χ3v) is 8.72. The number of likely N-dealkylation sites (N-methyl/N-ethyl adjacent to an activating group) is 1. The van der Waals surface area contributed by atoms with Crippen molar-refractivity contribution in [3.05, 3.63) is 59.8 Å². The molecule has 3 aromatic rings. The number of piperazine rings is 1. The van der Waals surface area contributed by atoms with Crippen LogP contribution in [0.25, 0.3) is 0 Å². The van der Waals surface area contributed by atoms with Crippen molar-refractivity contribution in [1.29, 1.82) is 0 Å². The van der Waals surface area contributed by atoms with Gasteiger partial charge in [-0.15, -0.1) is 0 Å². The zero-order chi connectivity index (χ0) is 34.2. The van der Waals surface area contributed by atoms with Crippen molar-refractivity contribution >= 4 is 41.0 Å². The number of amides is 3. The van der Waals surface area contributed by atoms with E-state index in [1.54, 1.807) is 44.0 Å². The first-order valence-corrected chi connectivity index (χ1v) is 16.1. The lowest BCUT2D eigenvalue weighted by Gasteiger charge is -2.44. The minimum atomic E-state index is -2.79. The molecule has 1 fully saturated rings. The van der Waals surface area contributed by atoms with Gasteiger partial charge in [-0.25, -0.2) is 23.4 Å². The fraction of sp³-hybridized carbons (Fsp3) is 0.471. The number of rotatable bonds is 7. The van der Waals surface area contributed by atoms with E-state index in [0.29, 0.717) is 29.0 Å². The molecule has 0 saturated carbocycles. The number of fused-ring (bicyclic) bond motifs is 2. The summed E-state index contributed by atoms with van der Waals surface area (Å²) in [5, 5.41) is 3.16. The third-order valence-electron chi connectivity index (χ3n) is 8.72. The minimum absolute atomic E-state index is 0.0989. The SMILES string of the molecule is COc1cccc2c1N(C(=O)OC(C)(C)C)CCC2N1Cc2cnc(Nc3ccc(N4CCN(C)CC4)cc3)nc2N(CC(F)F)C1=O. The molecule has 3 amide bonds. The van der Waals surface area contributed by atoms with Gasteiger partial charge in [-0.2, -0.15) is 4.98 Å². The molecule has 14 heteroatoms. The molecule has 1 atom stereocenters. The summed E-state index contributed by atoms with van der Waals surface area (Å²) in [6.45, 7) is 8.76. The predicted octanol–water partition coefficient (Wildman–Crippen LogP) is 5.87. The van der Waals surface area contributed by atoms with Crippen LogP contribution in [-0.2, 0) is 11.3 Å². The third kappa shape index (κ3) is 6.93. The van der Waals surface area contributed by atoms with Gasteiger partial charge in [-0.05, 0) is 64.6 Å². The van der Waals surface area contributed by atoms with Crippen molar-refractivity contribution in [2.45, 2.75) is 51.8 Å². The summed E-state index contributed by atoms with van der Waals surface area (Å²) in [4.78, 5) is 45.0. The zero-order valence-corrected chi connectivity index (χ0v) is 27.9. The Morgan fingerprint density at radius 2 is 1.79 bits per heavy atom. The number of hydrogen-bond acceptors (Lipinski definition) is 9. The molecule has 1 N–H and O–H groups in total. The summed E-state index contributed by atoms with van der Waals surface area (Å²) in [7, 11) is 3.62. The van der Waals surface area contributed by atoms with Crippen molar-refractivity contribution in [3.8, 4) is 5.75 Å². The predicted molar refractivity (Wildman–Crippen MR) is 180 cm³/mol. The molecule has 3 aliphatic rings. The summed E-state index contributed by atoms with van der Waals surface area (Å²) >= 11 is 0. The number of aromatic nitrogens is 2. The normalized spacial score (nSPS) is 18.5. The number of para-hydroxylation sites is 1. The largest absolute Gasteiger partial charge is 0.495 e. The number of hydrogen-bond donors (Lipinski definition) is 1. The Morgan fingerprint density at radius 1 is 1.06 bits per heavy atom. The highest BCUT2D eigenvalue weighted by Gasteiger charge is 2.42. The maximum absolute atomic E-state index is 14.1. The van der Waals surface area contributed by atoms with E-state index < -0.39 is 36.7 Å². The van der Waals surface area contributed by atoms with Gasteiger partial charge in [0.1, 0.15) is 17.2 Å². The van der Waals surface area contributed by atoms with Crippen LogP contribution in [0.1, 0.15) is 44.4 Å². The number of methoxy groups -OCH3 is 1. The van der Waals surface area contributed by atoms with Crippen molar-refractivity contribution in [2.24, 2.45) is 0 Å². The molecule has 6 rings (SSSR count). The van der Waals surface area contributed by atoms with E-state index in [2.05, 4.69) is 32.1 Å². The fourth-order valence-corrected chi connectivity index (χ4v) is 6.40. The lowest BCUT2D eigenvalue weighted by atomic mass is 9.93. The minimum Gasteiger partial charge on any atom is -0.495 e. The smallest absolute Gasteiger partial charge is 0.414 e. The van der Waals surface area contributed by atoms with Crippen LogP contribution < -0.4 is 24.8 Å². The van der Waals surface area contributed by atoms with E-state index >= 15 is 0 Å². The first-order valence-electron chi connectivity index (χ1n) is 16.1. The van der Waals surface area contributed by atoms with Crippen molar-refractivity contribution in [1.82, 2.24) is 19.8 Å². The fourth-order valence-electron chi connectivity index (χ4n) is 6.40. The monoisotopic (exact) mass is 664 g/mol. The first kappa shape index (κ1) is 33.2. The summed E-state index contributed by atoms with van der Waals surface area (Å²) < 4.78 is 39.2. The topological polar surface area (TPSA) is 107 Å². The highest BCUT2D eigenvalue weighted by Crippen LogP contribution is 2.45. The van der Waals surface area contributed by atoms with Crippen LogP contribution in [0.3, 0.4) is 0 Å². The second kappa shape index (κ2) is 13.4. The highest BCUT2D eigenvalue weighted by atomic mass is 19.3. The van der Waals surface area contributed by atoms with E-state index in [0.717, 1.165) is 42.5 Å². The van der Waals surface area contributed by atoms with Crippen LogP contribution in [0, 0.1) is 0 Å².